The van der Waals surface area contributed by atoms with Crippen molar-refractivity contribution >= 4 is 116 Å². The van der Waals surface area contributed by atoms with Gasteiger partial charge in [0.05, 0.1) is 129 Å². The average molecular weight is 1770 g/mol. The molecule has 1 aliphatic rings. The van der Waals surface area contributed by atoms with E-state index in [9.17, 15) is 47.9 Å². The van der Waals surface area contributed by atoms with Crippen LogP contribution in [0.15, 0.2) is 103 Å². The SMILES string of the molecule is Cc1sc2c(c1C)C(c1ccc(Cl)cc1)=N[C@@H](CC(=O)Nc1ccc(OCCOCCOCCOCCOCCOCCOCCOCCOCCNC(=O)CCNC(=O)CCNC(=O)c3nc(NC(=O)CCNC(=O)c4cc(NC(=O)c5nc(NC(=O)CCNC(=O)c6cc(NC(=O)c7nccn7C)cn6C)cn5C)cn4C)cn3C)cc1)c1nnc(C)n1-2. The summed E-state index contributed by atoms with van der Waals surface area (Å²) in [6.45, 7) is 12.7. The van der Waals surface area contributed by atoms with Crippen LogP contribution in [0.2, 0.25) is 5.02 Å². The minimum absolute atomic E-state index is 0.0281. The summed E-state index contributed by atoms with van der Waals surface area (Å²) < 4.78 is 59.8. The Morgan fingerprint density at radius 1 is 0.432 bits per heavy atom. The van der Waals surface area contributed by atoms with E-state index >= 15 is 0 Å². The van der Waals surface area contributed by atoms with Crippen LogP contribution in [-0.2, 0) is 97.1 Å². The first-order chi connectivity index (χ1) is 60.3. The Labute approximate surface area is 729 Å². The number of hydrogen-bond donors (Lipinski definition) is 10. The number of carbonyl (C=O) groups is 10. The molecule has 0 spiro atoms. The maximum atomic E-state index is 13.6. The minimum Gasteiger partial charge on any atom is -0.491 e. The number of nitrogens with one attached hydrogen (secondary N) is 10. The van der Waals surface area contributed by atoms with Crippen molar-refractivity contribution in [1.29, 1.82) is 0 Å². The molecular formula is C82H105ClN22O19S. The molecule has 10 amide bonds. The fourth-order valence-corrected chi connectivity index (χ4v) is 13.8. The fourth-order valence-electron chi connectivity index (χ4n) is 12.5. The zero-order valence-corrected chi connectivity index (χ0v) is 72.4. The molecule has 0 radical (unpaired) electrons. The number of aryl methyl sites for hydroxylation is 7. The van der Waals surface area contributed by atoms with Gasteiger partial charge in [-0.2, -0.15) is 0 Å². The Morgan fingerprint density at radius 3 is 1.38 bits per heavy atom. The van der Waals surface area contributed by atoms with Gasteiger partial charge in [-0.3, -0.25) is 57.5 Å². The number of aliphatic imine (C=N–C) groups is 1. The maximum absolute atomic E-state index is 13.6. The molecule has 10 rings (SSSR count). The number of benzene rings is 2. The molecule has 0 aliphatic carbocycles. The number of ether oxygens (including phenoxy) is 9. The highest BCUT2D eigenvalue weighted by molar-refractivity contribution is 7.15. The van der Waals surface area contributed by atoms with Crippen molar-refractivity contribution < 1.29 is 90.6 Å². The van der Waals surface area contributed by atoms with Gasteiger partial charge in [0, 0.05) is 158 Å². The summed E-state index contributed by atoms with van der Waals surface area (Å²) in [5, 5.41) is 37.4. The summed E-state index contributed by atoms with van der Waals surface area (Å²) in [4.78, 5) is 148. The maximum Gasteiger partial charge on any atom is 0.291 e. The number of aromatic nitrogens is 11. The summed E-state index contributed by atoms with van der Waals surface area (Å²) in [6.07, 6.45) is 8.76. The van der Waals surface area contributed by atoms with E-state index in [0.29, 0.717) is 134 Å². The summed E-state index contributed by atoms with van der Waals surface area (Å²) in [5.41, 5.74) is 5.44. The summed E-state index contributed by atoms with van der Waals surface area (Å²) in [6, 6.07) is 17.1. The van der Waals surface area contributed by atoms with Crippen LogP contribution in [0, 0.1) is 20.8 Å². The van der Waals surface area contributed by atoms with E-state index in [1.54, 1.807) is 87.8 Å². The van der Waals surface area contributed by atoms with E-state index in [1.165, 1.54) is 55.2 Å². The Balaban J connectivity index is 0.458. The zero-order valence-electron chi connectivity index (χ0n) is 70.8. The third-order valence-electron chi connectivity index (χ3n) is 18.8. The molecule has 1 aliphatic heterocycles. The molecule has 7 aromatic heterocycles. The smallest absolute Gasteiger partial charge is 0.291 e. The molecule has 43 heteroatoms. The second kappa shape index (κ2) is 48.6. The number of rotatable bonds is 53. The van der Waals surface area contributed by atoms with Gasteiger partial charge >= 0.3 is 0 Å². The molecule has 0 fully saturated rings. The number of anilines is 5. The van der Waals surface area contributed by atoms with E-state index in [4.69, 9.17) is 59.2 Å². The lowest BCUT2D eigenvalue weighted by atomic mass is 9.99. The lowest BCUT2D eigenvalue weighted by Crippen LogP contribution is -2.34. The van der Waals surface area contributed by atoms with Gasteiger partial charge in [-0.1, -0.05) is 23.7 Å². The van der Waals surface area contributed by atoms with Crippen molar-refractivity contribution in [1.82, 2.24) is 79.1 Å². The third-order valence-corrected chi connectivity index (χ3v) is 20.3. The number of halogens is 1. The topological polar surface area (TPSA) is 480 Å². The van der Waals surface area contributed by atoms with Crippen LogP contribution in [0.5, 0.6) is 5.75 Å². The highest BCUT2D eigenvalue weighted by atomic mass is 35.5. The third kappa shape index (κ3) is 29.4. The second-order valence-corrected chi connectivity index (χ2v) is 30.0. The van der Waals surface area contributed by atoms with Crippen molar-refractivity contribution in [3.63, 3.8) is 0 Å². The number of imidazole rings is 3. The van der Waals surface area contributed by atoms with Crippen LogP contribution in [0.3, 0.4) is 0 Å². The predicted octanol–water partition coefficient (Wildman–Crippen LogP) is 4.68. The van der Waals surface area contributed by atoms with Crippen molar-refractivity contribution in [2.75, 3.05) is 172 Å². The summed E-state index contributed by atoms with van der Waals surface area (Å²) in [7, 11) is 8.00. The van der Waals surface area contributed by atoms with Crippen molar-refractivity contribution in [2.24, 2.45) is 40.2 Å². The molecule has 0 saturated heterocycles. The number of hydrogen-bond acceptors (Lipinski definition) is 26. The first kappa shape index (κ1) is 94.9. The van der Waals surface area contributed by atoms with Crippen LogP contribution in [0.25, 0.3) is 5.00 Å². The molecule has 10 N–H and O–H groups in total. The average Bonchev–Trinajstić information content (AvgIpc) is 1.59. The van der Waals surface area contributed by atoms with Gasteiger partial charge in [-0.15, -0.1) is 21.5 Å². The van der Waals surface area contributed by atoms with Crippen LogP contribution in [-0.4, -0.2) is 262 Å². The van der Waals surface area contributed by atoms with Crippen LogP contribution >= 0.6 is 22.9 Å². The van der Waals surface area contributed by atoms with Gasteiger partial charge in [0.1, 0.15) is 40.6 Å². The van der Waals surface area contributed by atoms with E-state index in [-0.39, 0.29) is 129 Å². The largest absolute Gasteiger partial charge is 0.491 e. The van der Waals surface area contributed by atoms with Crippen LogP contribution in [0.4, 0.5) is 28.7 Å². The van der Waals surface area contributed by atoms with Crippen LogP contribution < -0.4 is 57.9 Å². The number of carbonyl (C=O) groups excluding carboxylic acids is 10. The molecule has 0 unspecified atom stereocenters. The van der Waals surface area contributed by atoms with Crippen molar-refractivity contribution in [3.05, 3.63) is 165 Å². The van der Waals surface area contributed by atoms with Crippen LogP contribution in [0.1, 0.15) is 124 Å². The molecule has 8 heterocycles. The standard InChI is InChI=1S/C82H105ClN22O19S/c1-52-53(2)125-82-71(52)72(55-9-11-56(83)12-10-55)93-61(73-99-98-54(3)105(73)82)47-70(110)90-57-13-15-60(16-14-57)124-44-43-123-42-41-122-40-39-121-38-37-120-36-35-119-34-33-118-32-31-117-30-29-116-28-26-85-67(107)17-21-84-66(106)18-22-89-79(113)75-96-64(50-103(75)7)94-68(108)19-23-88-78(112)63-46-59(49-102(63)6)92-81(115)76-97-65(51-104(76)8)95-69(109)20-24-87-77(111)62-45-58(48-101(62)5)91-80(114)74-86-25-27-100(74)4/h9-16,25,27,45-46,48-51,61H,17-24,26,28-44,47H2,1-8H3,(H,84,106)(H,85,107)(H,87,111)(H,88,112)(H,89,113)(H,90,110)(H,91,114)(H,92,115)(H,94,108)(H,95,109)/t61-/m0/s1. The summed E-state index contributed by atoms with van der Waals surface area (Å²) in [5.74, 6) is -2.43. The van der Waals surface area contributed by atoms with E-state index in [0.717, 1.165) is 38.1 Å². The molecular weight excluding hydrogens is 1660 g/mol. The lowest BCUT2D eigenvalue weighted by molar-refractivity contribution is -0.122. The number of thiophene rings is 1. The van der Waals surface area contributed by atoms with Crippen molar-refractivity contribution in [2.45, 2.75) is 58.9 Å². The molecule has 670 valence electrons. The highest BCUT2D eigenvalue weighted by Crippen LogP contribution is 2.40. The normalized spacial score (nSPS) is 12.2. The summed E-state index contributed by atoms with van der Waals surface area (Å²) >= 11 is 7.92. The molecule has 2 aromatic carbocycles. The molecule has 125 heavy (non-hydrogen) atoms. The van der Waals surface area contributed by atoms with E-state index in [1.807, 2.05) is 35.8 Å². The number of nitrogens with zero attached hydrogens (tertiary/aromatic N) is 12. The molecule has 1 atom stereocenters. The Hall–Kier alpha value is -12.4. The predicted molar refractivity (Wildman–Crippen MR) is 460 cm³/mol. The Morgan fingerprint density at radius 2 is 0.880 bits per heavy atom. The monoisotopic (exact) mass is 1770 g/mol. The van der Waals surface area contributed by atoms with E-state index in [2.05, 4.69) is 92.2 Å². The lowest BCUT2D eigenvalue weighted by Gasteiger charge is -2.13. The van der Waals surface area contributed by atoms with Crippen molar-refractivity contribution in [3.8, 4) is 10.8 Å². The molecule has 0 bridgehead atoms. The van der Waals surface area contributed by atoms with Gasteiger partial charge in [0.2, 0.25) is 41.2 Å². The molecule has 9 aromatic rings. The molecule has 0 saturated carbocycles. The zero-order chi connectivity index (χ0) is 89.2. The van der Waals surface area contributed by atoms with Gasteiger partial charge in [0.25, 0.3) is 29.5 Å². The van der Waals surface area contributed by atoms with Gasteiger partial charge in [-0.05, 0) is 74.9 Å². The minimum atomic E-state index is -0.647. The molecule has 41 nitrogen and oxygen atoms in total. The van der Waals surface area contributed by atoms with Gasteiger partial charge in [0.15, 0.2) is 23.3 Å². The quantitative estimate of drug-likeness (QED) is 0.0231. The Kier molecular flexibility index (Phi) is 36.9. The van der Waals surface area contributed by atoms with Gasteiger partial charge in [-0.25, -0.2) is 15.0 Å². The number of amides is 10. The first-order valence-corrected chi connectivity index (χ1v) is 41.5. The van der Waals surface area contributed by atoms with E-state index < -0.39 is 53.3 Å². The fraction of sp³-hybridized carbons (Fsp3) is 0.439. The highest BCUT2D eigenvalue weighted by Gasteiger charge is 2.33. The second-order valence-electron chi connectivity index (χ2n) is 28.3. The first-order valence-electron chi connectivity index (χ1n) is 40.3. The number of fused-ring (bicyclic) bond motifs is 3. The van der Waals surface area contributed by atoms with Gasteiger partial charge < -0.3 is 119 Å². The Bertz CT molecular complexity index is 5180.